The number of primary sulfonamides is 1. The van der Waals surface area contributed by atoms with E-state index in [1.165, 1.54) is 12.1 Å². The zero-order chi connectivity index (χ0) is 16.5. The number of piperidine rings is 1. The average Bonchev–Trinajstić information content (AvgIpc) is 2.96. The van der Waals surface area contributed by atoms with Crippen molar-refractivity contribution in [3.8, 4) is 0 Å². The molecule has 2 heterocycles. The van der Waals surface area contributed by atoms with Crippen molar-refractivity contribution in [2.75, 3.05) is 31.6 Å². The van der Waals surface area contributed by atoms with E-state index in [2.05, 4.69) is 10.2 Å². The van der Waals surface area contributed by atoms with Gasteiger partial charge in [-0.05, 0) is 36.5 Å². The molecule has 0 aromatic heterocycles. The van der Waals surface area contributed by atoms with E-state index >= 15 is 0 Å². The summed E-state index contributed by atoms with van der Waals surface area (Å²) in [5, 5.41) is 8.78. The molecule has 0 aliphatic carbocycles. The lowest BCUT2D eigenvalue weighted by molar-refractivity contribution is -0.180. The molecule has 3 rings (SSSR count). The van der Waals surface area contributed by atoms with Gasteiger partial charge in [0.1, 0.15) is 0 Å². The van der Waals surface area contributed by atoms with Gasteiger partial charge in [-0.25, -0.2) is 13.6 Å². The Morgan fingerprint density at radius 1 is 1.17 bits per heavy atom. The molecule has 1 aromatic rings. The molecule has 126 valence electrons. The highest BCUT2D eigenvalue weighted by Crippen LogP contribution is 2.31. The maximum atomic E-state index is 11.2. The van der Waals surface area contributed by atoms with Gasteiger partial charge in [0.25, 0.3) is 0 Å². The Balaban J connectivity index is 1.57. The molecular formula is C14H19N3O4S2. The van der Waals surface area contributed by atoms with Crippen molar-refractivity contribution >= 4 is 33.0 Å². The number of ether oxygens (including phenoxy) is 2. The van der Waals surface area contributed by atoms with Gasteiger partial charge in [-0.1, -0.05) is 0 Å². The summed E-state index contributed by atoms with van der Waals surface area (Å²) in [6, 6.07) is 6.18. The van der Waals surface area contributed by atoms with E-state index in [9.17, 15) is 8.42 Å². The number of nitrogens with zero attached hydrogens (tertiary/aromatic N) is 1. The lowest BCUT2D eigenvalue weighted by Crippen LogP contribution is -2.48. The second kappa shape index (κ2) is 6.33. The lowest BCUT2D eigenvalue weighted by atomic mass is 10.0. The molecule has 0 saturated carbocycles. The predicted octanol–water partition coefficient (Wildman–Crippen LogP) is 0.870. The van der Waals surface area contributed by atoms with Crippen LogP contribution in [0.4, 0.5) is 5.69 Å². The maximum Gasteiger partial charge on any atom is 0.238 e. The fraction of sp³-hybridized carbons (Fsp3) is 0.500. The van der Waals surface area contributed by atoms with Gasteiger partial charge in [-0.3, -0.25) is 0 Å². The summed E-state index contributed by atoms with van der Waals surface area (Å²) >= 11 is 5.42. The molecule has 7 nitrogen and oxygen atoms in total. The number of hydrogen-bond donors (Lipinski definition) is 2. The third kappa shape index (κ3) is 3.81. The van der Waals surface area contributed by atoms with Gasteiger partial charge < -0.3 is 19.7 Å². The molecule has 0 bridgehead atoms. The van der Waals surface area contributed by atoms with Crippen LogP contribution in [0.15, 0.2) is 29.2 Å². The number of nitrogens with two attached hydrogens (primary N) is 1. The number of rotatable bonds is 2. The Labute approximate surface area is 140 Å². The van der Waals surface area contributed by atoms with Crippen molar-refractivity contribution in [2.45, 2.75) is 23.5 Å². The smallest absolute Gasteiger partial charge is 0.238 e. The second-order valence-corrected chi connectivity index (χ2v) is 7.54. The minimum Gasteiger partial charge on any atom is -0.349 e. The Kier molecular flexibility index (Phi) is 4.56. The summed E-state index contributed by atoms with van der Waals surface area (Å²) < 4.78 is 33.9. The van der Waals surface area contributed by atoms with Crippen LogP contribution in [0.25, 0.3) is 0 Å². The Hall–Kier alpha value is -1.26. The monoisotopic (exact) mass is 357 g/mol. The number of sulfonamides is 1. The van der Waals surface area contributed by atoms with Crippen LogP contribution in [-0.4, -0.2) is 50.5 Å². The van der Waals surface area contributed by atoms with Crippen LogP contribution in [0.3, 0.4) is 0 Å². The highest BCUT2D eigenvalue weighted by molar-refractivity contribution is 7.89. The largest absolute Gasteiger partial charge is 0.349 e. The van der Waals surface area contributed by atoms with E-state index in [4.69, 9.17) is 26.8 Å². The number of nitrogens with one attached hydrogen (secondary N) is 1. The molecule has 9 heteroatoms. The lowest BCUT2D eigenvalue weighted by Gasteiger charge is -2.38. The molecule has 3 N–H and O–H groups in total. The molecular weight excluding hydrogens is 338 g/mol. The van der Waals surface area contributed by atoms with Gasteiger partial charge in [0.15, 0.2) is 10.9 Å². The van der Waals surface area contributed by atoms with Crippen LogP contribution in [-0.2, 0) is 19.5 Å². The summed E-state index contributed by atoms with van der Waals surface area (Å²) in [5.74, 6) is -0.427. The fourth-order valence-electron chi connectivity index (χ4n) is 2.77. The zero-order valence-corrected chi connectivity index (χ0v) is 14.2. The number of likely N-dealkylation sites (tertiary alicyclic amines) is 1. The van der Waals surface area contributed by atoms with Crippen LogP contribution >= 0.6 is 12.2 Å². The standard InChI is InChI=1S/C14H19N3O4S2/c15-23(18,19)12-3-1-11(2-4-12)16-13(22)17-7-5-14(6-8-17)20-9-10-21-14/h1-4H,5-10H2,(H,16,22)(H2,15,18,19). The van der Waals surface area contributed by atoms with E-state index in [-0.39, 0.29) is 4.90 Å². The van der Waals surface area contributed by atoms with Crippen molar-refractivity contribution < 1.29 is 17.9 Å². The van der Waals surface area contributed by atoms with Crippen molar-refractivity contribution in [1.82, 2.24) is 4.90 Å². The van der Waals surface area contributed by atoms with Crippen LogP contribution in [0, 0.1) is 0 Å². The van der Waals surface area contributed by atoms with Gasteiger partial charge in [-0.2, -0.15) is 0 Å². The highest BCUT2D eigenvalue weighted by Gasteiger charge is 2.40. The first kappa shape index (κ1) is 16.6. The van der Waals surface area contributed by atoms with Crippen LogP contribution in [0.5, 0.6) is 0 Å². The van der Waals surface area contributed by atoms with E-state index in [0.29, 0.717) is 18.3 Å². The van der Waals surface area contributed by atoms with E-state index in [1.807, 2.05) is 0 Å². The van der Waals surface area contributed by atoms with E-state index < -0.39 is 15.8 Å². The molecule has 2 saturated heterocycles. The van der Waals surface area contributed by atoms with Crippen molar-refractivity contribution in [3.05, 3.63) is 24.3 Å². The molecule has 0 radical (unpaired) electrons. The minimum atomic E-state index is -3.68. The van der Waals surface area contributed by atoms with Gasteiger partial charge in [0.2, 0.25) is 10.0 Å². The molecule has 0 atom stereocenters. The summed E-state index contributed by atoms with van der Waals surface area (Å²) in [5.41, 5.74) is 0.719. The van der Waals surface area contributed by atoms with Gasteiger partial charge in [-0.15, -0.1) is 0 Å². The molecule has 23 heavy (non-hydrogen) atoms. The molecule has 2 fully saturated rings. The summed E-state index contributed by atoms with van der Waals surface area (Å²) in [6.45, 7) is 2.81. The van der Waals surface area contributed by atoms with Crippen LogP contribution in [0.2, 0.25) is 0 Å². The topological polar surface area (TPSA) is 93.9 Å². The zero-order valence-electron chi connectivity index (χ0n) is 12.5. The molecule has 0 amide bonds. The summed E-state index contributed by atoms with van der Waals surface area (Å²) in [7, 11) is -3.68. The Bertz CT molecular complexity index is 674. The number of hydrogen-bond acceptors (Lipinski definition) is 5. The minimum absolute atomic E-state index is 0.0735. The number of benzene rings is 1. The third-order valence-corrected chi connectivity index (χ3v) is 5.35. The number of anilines is 1. The molecule has 2 aliphatic rings. The first-order valence-electron chi connectivity index (χ1n) is 7.35. The quantitative estimate of drug-likeness (QED) is 0.759. The SMILES string of the molecule is NS(=O)(=O)c1ccc(NC(=S)N2CCC3(CC2)OCCO3)cc1. The molecule has 2 aliphatic heterocycles. The Morgan fingerprint density at radius 3 is 2.26 bits per heavy atom. The van der Waals surface area contributed by atoms with Gasteiger partial charge >= 0.3 is 0 Å². The van der Waals surface area contributed by atoms with E-state index in [1.54, 1.807) is 12.1 Å². The average molecular weight is 357 g/mol. The van der Waals surface area contributed by atoms with Crippen LogP contribution in [0.1, 0.15) is 12.8 Å². The van der Waals surface area contributed by atoms with Gasteiger partial charge in [0.05, 0.1) is 18.1 Å². The van der Waals surface area contributed by atoms with Crippen LogP contribution < -0.4 is 10.5 Å². The summed E-state index contributed by atoms with van der Waals surface area (Å²) in [6.07, 6.45) is 1.55. The number of thiocarbonyl (C=S) groups is 1. The molecule has 1 spiro atoms. The third-order valence-electron chi connectivity index (χ3n) is 4.06. The Morgan fingerprint density at radius 2 is 1.74 bits per heavy atom. The van der Waals surface area contributed by atoms with Crippen molar-refractivity contribution in [3.63, 3.8) is 0 Å². The second-order valence-electron chi connectivity index (χ2n) is 5.59. The first-order chi connectivity index (χ1) is 10.9. The normalized spacial score (nSPS) is 20.7. The van der Waals surface area contributed by atoms with Crippen molar-refractivity contribution in [2.24, 2.45) is 5.14 Å². The highest BCUT2D eigenvalue weighted by atomic mass is 32.2. The first-order valence-corrected chi connectivity index (χ1v) is 9.30. The summed E-state index contributed by atoms with van der Waals surface area (Å²) in [4.78, 5) is 2.13. The van der Waals surface area contributed by atoms with E-state index in [0.717, 1.165) is 31.6 Å². The van der Waals surface area contributed by atoms with Crippen molar-refractivity contribution in [1.29, 1.82) is 0 Å². The fourth-order valence-corrected chi connectivity index (χ4v) is 3.58. The predicted molar refractivity (Wildman–Crippen MR) is 89.5 cm³/mol. The maximum absolute atomic E-state index is 11.2. The molecule has 1 aromatic carbocycles. The molecule has 0 unspecified atom stereocenters. The van der Waals surface area contributed by atoms with Gasteiger partial charge in [0, 0.05) is 31.6 Å².